The van der Waals surface area contributed by atoms with Crippen LogP contribution in [0, 0.1) is 0 Å². The number of rotatable bonds is 7. The molecule has 1 aromatic rings. The van der Waals surface area contributed by atoms with Crippen molar-refractivity contribution in [2.75, 3.05) is 13.2 Å². The lowest BCUT2D eigenvalue weighted by molar-refractivity contribution is -0.164. The van der Waals surface area contributed by atoms with Gasteiger partial charge in [0, 0.05) is 22.7 Å². The highest BCUT2D eigenvalue weighted by atomic mass is 127. The van der Waals surface area contributed by atoms with Crippen LogP contribution in [0.4, 0.5) is 8.78 Å². The molecule has 0 aliphatic rings. The lowest BCUT2D eigenvalue weighted by Gasteiger charge is -2.11. The Kier molecular flexibility index (Phi) is 8.10. The molecule has 1 aromatic carbocycles. The van der Waals surface area contributed by atoms with Crippen molar-refractivity contribution in [3.8, 4) is 0 Å². The Morgan fingerprint density at radius 1 is 1.35 bits per heavy atom. The fourth-order valence-electron chi connectivity index (χ4n) is 1.55. The van der Waals surface area contributed by atoms with Gasteiger partial charge < -0.3 is 10.1 Å². The summed E-state index contributed by atoms with van der Waals surface area (Å²) in [5, 5.41) is 2.63. The average molecular weight is 502 g/mol. The van der Waals surface area contributed by atoms with Gasteiger partial charge in [-0.1, -0.05) is 15.9 Å². The van der Waals surface area contributed by atoms with Crippen molar-refractivity contribution in [1.29, 1.82) is 0 Å². The topological polar surface area (TPSA) is 55.4 Å². The van der Waals surface area contributed by atoms with Crippen LogP contribution in [0.25, 0.3) is 0 Å². The second-order valence-electron chi connectivity index (χ2n) is 4.45. The number of ether oxygens (including phenoxy) is 1. The number of halogens is 4. The van der Waals surface area contributed by atoms with Crippen molar-refractivity contribution in [3.05, 3.63) is 44.0 Å². The summed E-state index contributed by atoms with van der Waals surface area (Å²) in [6.07, 6.45) is 0.745. The van der Waals surface area contributed by atoms with E-state index in [9.17, 15) is 18.4 Å². The van der Waals surface area contributed by atoms with Crippen molar-refractivity contribution in [2.24, 2.45) is 0 Å². The third-order valence-corrected chi connectivity index (χ3v) is 4.02. The van der Waals surface area contributed by atoms with Crippen LogP contribution in [0.2, 0.25) is 0 Å². The van der Waals surface area contributed by atoms with Crippen molar-refractivity contribution in [2.45, 2.75) is 19.3 Å². The summed E-state index contributed by atoms with van der Waals surface area (Å²) in [6, 6.07) is 6.77. The molecule has 0 radical (unpaired) electrons. The van der Waals surface area contributed by atoms with E-state index >= 15 is 0 Å². The van der Waals surface area contributed by atoms with Crippen LogP contribution in [0.5, 0.6) is 0 Å². The van der Waals surface area contributed by atoms with Crippen LogP contribution in [0.1, 0.15) is 23.7 Å². The number of esters is 1. The second-order valence-corrected chi connectivity index (χ2v) is 6.75. The zero-order valence-electron chi connectivity index (χ0n) is 12.2. The van der Waals surface area contributed by atoms with E-state index in [-0.39, 0.29) is 29.1 Å². The number of carbonyl (C=O) groups excluding carboxylic acids is 2. The lowest BCUT2D eigenvalue weighted by Crippen LogP contribution is -2.29. The van der Waals surface area contributed by atoms with Crippen LogP contribution >= 0.6 is 38.5 Å². The molecule has 0 bridgehead atoms. The first-order valence-corrected chi connectivity index (χ1v) is 8.59. The number of benzene rings is 1. The molecular weight excluding hydrogens is 487 g/mol. The fourth-order valence-corrected chi connectivity index (χ4v) is 2.48. The second kappa shape index (κ2) is 9.31. The Morgan fingerprint density at radius 2 is 1.96 bits per heavy atom. The molecule has 0 aliphatic heterocycles. The number of carbonyl (C=O) groups is 2. The zero-order valence-corrected chi connectivity index (χ0v) is 16.0. The van der Waals surface area contributed by atoms with E-state index in [1.165, 1.54) is 6.92 Å². The molecule has 0 saturated carbocycles. The maximum absolute atomic E-state index is 13.5. The quantitative estimate of drug-likeness (QED) is 0.452. The third-order valence-electron chi connectivity index (χ3n) is 2.64. The van der Waals surface area contributed by atoms with Crippen LogP contribution < -0.4 is 5.32 Å². The summed E-state index contributed by atoms with van der Waals surface area (Å²) in [5.74, 6) is -5.53. The van der Waals surface area contributed by atoms with Gasteiger partial charge in [0.2, 0.25) is 0 Å². The Morgan fingerprint density at radius 3 is 2.52 bits per heavy atom. The maximum Gasteiger partial charge on any atom is 0.381 e. The largest absolute Gasteiger partial charge is 0.461 e. The molecule has 0 aromatic heterocycles. The van der Waals surface area contributed by atoms with Gasteiger partial charge in [0.25, 0.3) is 5.91 Å². The van der Waals surface area contributed by atoms with Crippen LogP contribution in [0.15, 0.2) is 38.4 Å². The first-order valence-electron chi connectivity index (χ1n) is 6.72. The van der Waals surface area contributed by atoms with Crippen LogP contribution in [0.3, 0.4) is 0 Å². The molecule has 0 saturated heterocycles. The van der Waals surface area contributed by atoms with E-state index in [1.54, 1.807) is 46.9 Å². The van der Waals surface area contributed by atoms with Crippen LogP contribution in [-0.4, -0.2) is 31.0 Å². The molecule has 1 N–H and O–H groups in total. The molecule has 0 fully saturated rings. The minimum atomic E-state index is -3.66. The zero-order chi connectivity index (χ0) is 17.5. The van der Waals surface area contributed by atoms with Crippen LogP contribution in [-0.2, 0) is 9.53 Å². The fraction of sp³-hybridized carbons (Fsp3) is 0.333. The lowest BCUT2D eigenvalue weighted by atomic mass is 10.2. The van der Waals surface area contributed by atoms with Gasteiger partial charge in [-0.15, -0.1) is 0 Å². The number of amides is 1. The Labute approximate surface area is 154 Å². The van der Waals surface area contributed by atoms with Gasteiger partial charge in [-0.3, -0.25) is 4.79 Å². The summed E-state index contributed by atoms with van der Waals surface area (Å²) in [5.41, 5.74) is 0.476. The molecule has 0 aliphatic carbocycles. The molecule has 0 unspecified atom stereocenters. The number of alkyl halides is 2. The van der Waals surface area contributed by atoms with E-state index in [2.05, 4.69) is 26.0 Å². The summed E-state index contributed by atoms with van der Waals surface area (Å²) in [6.45, 7) is 1.53. The van der Waals surface area contributed by atoms with Crippen molar-refractivity contribution in [3.63, 3.8) is 0 Å². The summed E-state index contributed by atoms with van der Waals surface area (Å²) < 4.78 is 32.4. The number of nitrogens with one attached hydrogen (secondary N) is 1. The molecule has 23 heavy (non-hydrogen) atoms. The molecule has 0 atom stereocenters. The summed E-state index contributed by atoms with van der Waals surface area (Å²) >= 11 is 4.98. The maximum atomic E-state index is 13.5. The molecule has 4 nitrogen and oxygen atoms in total. The number of hydrogen-bond acceptors (Lipinski definition) is 3. The van der Waals surface area contributed by atoms with E-state index < -0.39 is 11.9 Å². The van der Waals surface area contributed by atoms with Crippen molar-refractivity contribution in [1.82, 2.24) is 5.32 Å². The summed E-state index contributed by atoms with van der Waals surface area (Å²) in [4.78, 5) is 22.9. The number of hydrogen-bond donors (Lipinski definition) is 1. The van der Waals surface area contributed by atoms with Gasteiger partial charge in [-0.2, -0.15) is 8.78 Å². The first-order chi connectivity index (χ1) is 10.8. The van der Waals surface area contributed by atoms with E-state index in [0.29, 0.717) is 11.6 Å². The van der Waals surface area contributed by atoms with Gasteiger partial charge in [0.05, 0.1) is 6.61 Å². The highest BCUT2D eigenvalue weighted by molar-refractivity contribution is 14.1. The molecular formula is C15H15BrF2INO3. The minimum absolute atomic E-state index is 0.109. The standard InChI is InChI=1S/C15H15BrF2INO3/c1-2-23-14(22)15(17,18)9-12(19)7-8-20-13(21)10-3-5-11(16)6-4-10/h3-6,9H,2,7-8H2,1H3,(H,20,21). The Hall–Kier alpha value is -1.03. The predicted molar refractivity (Wildman–Crippen MR) is 94.8 cm³/mol. The molecule has 1 amide bonds. The molecule has 0 spiro atoms. The predicted octanol–water partition coefficient (Wildman–Crippen LogP) is 4.09. The molecule has 126 valence electrons. The SMILES string of the molecule is CCOC(=O)C(F)(F)C=C(I)CCNC(=O)c1ccc(Br)cc1. The highest BCUT2D eigenvalue weighted by Gasteiger charge is 2.38. The molecule has 1 rings (SSSR count). The smallest absolute Gasteiger partial charge is 0.381 e. The normalized spacial score (nSPS) is 12.0. The van der Waals surface area contributed by atoms with Gasteiger partial charge >= 0.3 is 11.9 Å². The van der Waals surface area contributed by atoms with E-state index in [0.717, 1.165) is 4.47 Å². The summed E-state index contributed by atoms with van der Waals surface area (Å²) in [7, 11) is 0. The van der Waals surface area contributed by atoms with Gasteiger partial charge in [0.1, 0.15) is 0 Å². The highest BCUT2D eigenvalue weighted by Crippen LogP contribution is 2.23. The minimum Gasteiger partial charge on any atom is -0.461 e. The van der Waals surface area contributed by atoms with Gasteiger partial charge in [0.15, 0.2) is 0 Å². The van der Waals surface area contributed by atoms with Gasteiger partial charge in [-0.25, -0.2) is 4.79 Å². The van der Waals surface area contributed by atoms with E-state index in [1.807, 2.05) is 0 Å². The van der Waals surface area contributed by atoms with E-state index in [4.69, 9.17) is 0 Å². The third kappa shape index (κ3) is 6.94. The molecule has 8 heteroatoms. The Bertz CT molecular complexity index is 591. The van der Waals surface area contributed by atoms with Crippen molar-refractivity contribution < 1.29 is 23.1 Å². The monoisotopic (exact) mass is 501 g/mol. The Balaban J connectivity index is 2.51. The first kappa shape index (κ1) is 20.0. The average Bonchev–Trinajstić information content (AvgIpc) is 2.47. The molecule has 0 heterocycles. The van der Waals surface area contributed by atoms with Crippen molar-refractivity contribution >= 4 is 50.4 Å². The van der Waals surface area contributed by atoms with Gasteiger partial charge in [-0.05, 0) is 63.8 Å².